The molecule has 0 bridgehead atoms. The summed E-state index contributed by atoms with van der Waals surface area (Å²) in [5, 5.41) is 13.7. The summed E-state index contributed by atoms with van der Waals surface area (Å²) in [7, 11) is 0. The van der Waals surface area contributed by atoms with Crippen molar-refractivity contribution in [3.8, 4) is 0 Å². The van der Waals surface area contributed by atoms with Crippen molar-refractivity contribution >= 4 is 17.2 Å². The highest BCUT2D eigenvalue weighted by Crippen LogP contribution is 2.18. The van der Waals surface area contributed by atoms with Crippen molar-refractivity contribution in [1.82, 2.24) is 4.98 Å². The van der Waals surface area contributed by atoms with Gasteiger partial charge in [0.25, 0.3) is 5.69 Å². The van der Waals surface area contributed by atoms with Crippen LogP contribution in [0, 0.1) is 17.0 Å². The fourth-order valence-electron chi connectivity index (χ4n) is 1.71. The number of non-ortho nitro benzene ring substituents is 1. The summed E-state index contributed by atoms with van der Waals surface area (Å²) >= 11 is 0. The number of nitrogens with zero attached hydrogens (tertiary/aromatic N) is 2. The highest BCUT2D eigenvalue weighted by molar-refractivity contribution is 5.61. The second-order valence-corrected chi connectivity index (χ2v) is 4.23. The third-order valence-electron chi connectivity index (χ3n) is 2.64. The van der Waals surface area contributed by atoms with Gasteiger partial charge in [0.05, 0.1) is 10.6 Å². The Hall–Kier alpha value is -2.63. The Bertz CT molecular complexity index is 613. The van der Waals surface area contributed by atoms with Crippen molar-refractivity contribution in [2.45, 2.75) is 13.5 Å². The SMILES string of the molecule is Cc1cnc(NCc2cccc([N+](=O)[O-])c2)c(N)c1. The summed E-state index contributed by atoms with van der Waals surface area (Å²) in [6, 6.07) is 8.27. The molecule has 3 N–H and O–H groups in total. The summed E-state index contributed by atoms with van der Waals surface area (Å²) in [4.78, 5) is 14.4. The Labute approximate surface area is 110 Å². The van der Waals surface area contributed by atoms with Crippen molar-refractivity contribution in [3.05, 3.63) is 57.8 Å². The summed E-state index contributed by atoms with van der Waals surface area (Å²) in [5.41, 5.74) is 8.25. The van der Waals surface area contributed by atoms with Crippen LogP contribution < -0.4 is 11.1 Å². The first-order valence-electron chi connectivity index (χ1n) is 5.75. The van der Waals surface area contributed by atoms with Gasteiger partial charge in [0.2, 0.25) is 0 Å². The zero-order valence-corrected chi connectivity index (χ0v) is 10.5. The summed E-state index contributed by atoms with van der Waals surface area (Å²) in [6.45, 7) is 2.34. The number of nitro groups is 1. The lowest BCUT2D eigenvalue weighted by molar-refractivity contribution is -0.384. The van der Waals surface area contributed by atoms with E-state index in [1.165, 1.54) is 12.1 Å². The minimum atomic E-state index is -0.415. The van der Waals surface area contributed by atoms with Gasteiger partial charge in [0.1, 0.15) is 5.82 Å². The molecule has 0 saturated heterocycles. The summed E-state index contributed by atoms with van der Waals surface area (Å²) < 4.78 is 0. The first-order valence-corrected chi connectivity index (χ1v) is 5.75. The monoisotopic (exact) mass is 258 g/mol. The molecule has 19 heavy (non-hydrogen) atoms. The predicted octanol–water partition coefficient (Wildman–Crippen LogP) is 2.49. The molecule has 98 valence electrons. The quantitative estimate of drug-likeness (QED) is 0.649. The molecule has 1 aromatic heterocycles. The third-order valence-corrected chi connectivity index (χ3v) is 2.64. The van der Waals surface area contributed by atoms with Crippen LogP contribution >= 0.6 is 0 Å². The number of aryl methyl sites for hydroxylation is 1. The van der Waals surface area contributed by atoms with Crippen LogP contribution in [0.1, 0.15) is 11.1 Å². The number of aromatic nitrogens is 1. The van der Waals surface area contributed by atoms with Crippen LogP contribution in [0.3, 0.4) is 0 Å². The zero-order valence-electron chi connectivity index (χ0n) is 10.5. The Morgan fingerprint density at radius 3 is 2.89 bits per heavy atom. The Morgan fingerprint density at radius 2 is 2.21 bits per heavy atom. The van der Waals surface area contributed by atoms with Gasteiger partial charge in [-0.05, 0) is 24.1 Å². The number of benzene rings is 1. The predicted molar refractivity (Wildman–Crippen MR) is 73.8 cm³/mol. The lowest BCUT2D eigenvalue weighted by atomic mass is 10.2. The highest BCUT2D eigenvalue weighted by Gasteiger charge is 2.06. The number of nitrogen functional groups attached to an aromatic ring is 1. The first-order chi connectivity index (χ1) is 9.06. The molecule has 1 aromatic carbocycles. The summed E-state index contributed by atoms with van der Waals surface area (Å²) in [5.74, 6) is 0.581. The lowest BCUT2D eigenvalue weighted by Gasteiger charge is -2.08. The molecule has 2 rings (SSSR count). The molecule has 2 aromatic rings. The standard InChI is InChI=1S/C13H14N4O2/c1-9-5-12(14)13(15-7-9)16-8-10-3-2-4-11(6-10)17(18)19/h2-7H,8,14H2,1H3,(H,15,16). The van der Waals surface area contributed by atoms with E-state index in [9.17, 15) is 10.1 Å². The topological polar surface area (TPSA) is 94.1 Å². The first kappa shape index (κ1) is 12.8. The fourth-order valence-corrected chi connectivity index (χ4v) is 1.71. The van der Waals surface area contributed by atoms with Crippen molar-refractivity contribution in [2.75, 3.05) is 11.1 Å². The number of nitrogens with two attached hydrogens (primary N) is 1. The number of pyridine rings is 1. The maximum atomic E-state index is 10.7. The van der Waals surface area contributed by atoms with E-state index >= 15 is 0 Å². The Kier molecular flexibility index (Phi) is 3.61. The number of anilines is 2. The van der Waals surface area contributed by atoms with Gasteiger partial charge < -0.3 is 11.1 Å². The molecule has 0 unspecified atom stereocenters. The Morgan fingerprint density at radius 1 is 1.42 bits per heavy atom. The number of hydrogen-bond donors (Lipinski definition) is 2. The van der Waals surface area contributed by atoms with E-state index in [4.69, 9.17) is 5.73 Å². The number of rotatable bonds is 4. The maximum absolute atomic E-state index is 10.7. The van der Waals surface area contributed by atoms with E-state index in [-0.39, 0.29) is 5.69 Å². The van der Waals surface area contributed by atoms with Crippen molar-refractivity contribution in [3.63, 3.8) is 0 Å². The van der Waals surface area contributed by atoms with E-state index in [1.807, 2.05) is 19.1 Å². The van der Waals surface area contributed by atoms with Crippen LogP contribution in [-0.2, 0) is 6.54 Å². The van der Waals surface area contributed by atoms with Crippen LogP contribution in [-0.4, -0.2) is 9.91 Å². The van der Waals surface area contributed by atoms with Crippen LogP contribution in [0.4, 0.5) is 17.2 Å². The minimum absolute atomic E-state index is 0.0733. The molecule has 0 atom stereocenters. The second-order valence-electron chi connectivity index (χ2n) is 4.23. The van der Waals surface area contributed by atoms with E-state index in [0.717, 1.165) is 11.1 Å². The lowest BCUT2D eigenvalue weighted by Crippen LogP contribution is -2.05. The molecule has 6 nitrogen and oxygen atoms in total. The average Bonchev–Trinajstić information content (AvgIpc) is 2.38. The fraction of sp³-hybridized carbons (Fsp3) is 0.154. The molecule has 1 heterocycles. The zero-order chi connectivity index (χ0) is 13.8. The van der Waals surface area contributed by atoms with Crippen molar-refractivity contribution < 1.29 is 4.92 Å². The molecule has 0 aliphatic rings. The largest absolute Gasteiger partial charge is 0.396 e. The molecular weight excluding hydrogens is 244 g/mol. The van der Waals surface area contributed by atoms with E-state index in [2.05, 4.69) is 10.3 Å². The van der Waals surface area contributed by atoms with Gasteiger partial charge in [0.15, 0.2) is 0 Å². The molecule has 0 fully saturated rings. The van der Waals surface area contributed by atoms with E-state index < -0.39 is 4.92 Å². The van der Waals surface area contributed by atoms with Crippen molar-refractivity contribution in [1.29, 1.82) is 0 Å². The minimum Gasteiger partial charge on any atom is -0.396 e. The highest BCUT2D eigenvalue weighted by atomic mass is 16.6. The second kappa shape index (κ2) is 5.34. The molecular formula is C13H14N4O2. The van der Waals surface area contributed by atoms with Crippen molar-refractivity contribution in [2.24, 2.45) is 0 Å². The van der Waals surface area contributed by atoms with E-state index in [0.29, 0.717) is 18.1 Å². The molecule has 0 radical (unpaired) electrons. The van der Waals surface area contributed by atoms with Gasteiger partial charge >= 0.3 is 0 Å². The smallest absolute Gasteiger partial charge is 0.269 e. The Balaban J connectivity index is 2.10. The van der Waals surface area contributed by atoms with Gasteiger partial charge in [0, 0.05) is 24.9 Å². The van der Waals surface area contributed by atoms with Gasteiger partial charge in [-0.1, -0.05) is 12.1 Å². The summed E-state index contributed by atoms with van der Waals surface area (Å²) in [6.07, 6.45) is 1.71. The van der Waals surface area contributed by atoms with Crippen LogP contribution in [0.25, 0.3) is 0 Å². The van der Waals surface area contributed by atoms with Gasteiger partial charge in [-0.2, -0.15) is 0 Å². The number of hydrogen-bond acceptors (Lipinski definition) is 5. The van der Waals surface area contributed by atoms with Gasteiger partial charge in [-0.15, -0.1) is 0 Å². The maximum Gasteiger partial charge on any atom is 0.269 e. The third kappa shape index (κ3) is 3.19. The molecule has 0 spiro atoms. The van der Waals surface area contributed by atoms with Crippen LogP contribution in [0.15, 0.2) is 36.5 Å². The van der Waals surface area contributed by atoms with Gasteiger partial charge in [-0.25, -0.2) is 4.98 Å². The number of nitro benzene ring substituents is 1. The average molecular weight is 258 g/mol. The molecule has 0 aliphatic carbocycles. The molecule has 0 saturated carbocycles. The van der Waals surface area contributed by atoms with Crippen LogP contribution in [0.5, 0.6) is 0 Å². The van der Waals surface area contributed by atoms with E-state index in [1.54, 1.807) is 12.3 Å². The molecule has 0 amide bonds. The number of nitrogens with one attached hydrogen (secondary N) is 1. The normalized spacial score (nSPS) is 10.2. The molecule has 0 aliphatic heterocycles. The van der Waals surface area contributed by atoms with Crippen LogP contribution in [0.2, 0.25) is 0 Å². The molecule has 6 heteroatoms. The van der Waals surface area contributed by atoms with Gasteiger partial charge in [-0.3, -0.25) is 10.1 Å².